The molecule has 1 heterocycles. The van der Waals surface area contributed by atoms with Gasteiger partial charge >= 0.3 is 0 Å². The van der Waals surface area contributed by atoms with Crippen molar-refractivity contribution in [3.05, 3.63) is 28.0 Å². The number of rotatable bonds is 5. The van der Waals surface area contributed by atoms with Crippen molar-refractivity contribution in [3.8, 4) is 0 Å². The van der Waals surface area contributed by atoms with Crippen LogP contribution >= 0.6 is 23.8 Å². The minimum Gasteiger partial charge on any atom is -0.379 e. The summed E-state index contributed by atoms with van der Waals surface area (Å²) in [6.45, 7) is 6.45. The summed E-state index contributed by atoms with van der Waals surface area (Å²) in [5.74, 6) is 0.551. The van der Waals surface area contributed by atoms with Gasteiger partial charge in [0.1, 0.15) is 0 Å². The number of ether oxygens (including phenoxy) is 1. The first-order valence-electron chi connectivity index (χ1n) is 6.04. The number of fused-ring (bicyclic) bond motifs is 1. The average molecular weight is 285 g/mol. The van der Waals surface area contributed by atoms with Crippen LogP contribution < -0.4 is 0 Å². The van der Waals surface area contributed by atoms with Gasteiger partial charge in [-0.05, 0) is 30.3 Å². The number of halogens is 1. The Bertz CT molecular complexity index is 588. The lowest BCUT2D eigenvalue weighted by atomic mass is 10.2. The Labute approximate surface area is 117 Å². The maximum atomic E-state index is 6.12. The van der Waals surface area contributed by atoms with Crippen LogP contribution in [-0.2, 0) is 11.3 Å². The molecule has 0 amide bonds. The fourth-order valence-corrected chi connectivity index (χ4v) is 2.35. The van der Waals surface area contributed by atoms with Gasteiger partial charge in [0.15, 0.2) is 4.77 Å². The second kappa shape index (κ2) is 5.87. The van der Waals surface area contributed by atoms with Gasteiger partial charge in [0.25, 0.3) is 0 Å². The Balaban J connectivity index is 2.16. The van der Waals surface area contributed by atoms with Gasteiger partial charge in [0, 0.05) is 13.2 Å². The van der Waals surface area contributed by atoms with Crippen LogP contribution in [0, 0.1) is 10.7 Å². The molecule has 0 aliphatic heterocycles. The van der Waals surface area contributed by atoms with Crippen LogP contribution in [0.1, 0.15) is 13.8 Å². The molecule has 3 nitrogen and oxygen atoms in total. The van der Waals surface area contributed by atoms with E-state index in [0.29, 0.717) is 22.3 Å². The van der Waals surface area contributed by atoms with E-state index in [1.54, 1.807) is 0 Å². The molecule has 0 spiro atoms. The van der Waals surface area contributed by atoms with Gasteiger partial charge in [-0.3, -0.25) is 0 Å². The Kier molecular flexibility index (Phi) is 4.43. The van der Waals surface area contributed by atoms with Gasteiger partial charge in [-0.25, -0.2) is 0 Å². The summed E-state index contributed by atoms with van der Waals surface area (Å²) in [5, 5.41) is 0.695. The summed E-state index contributed by atoms with van der Waals surface area (Å²) in [7, 11) is 0. The molecule has 1 aromatic heterocycles. The van der Waals surface area contributed by atoms with E-state index in [2.05, 4.69) is 18.8 Å². The van der Waals surface area contributed by atoms with Gasteiger partial charge in [-0.1, -0.05) is 31.5 Å². The Hall–Kier alpha value is -0.840. The van der Waals surface area contributed by atoms with Crippen LogP contribution in [0.2, 0.25) is 5.02 Å². The normalized spacial score (nSPS) is 11.6. The molecule has 1 N–H and O–H groups in total. The summed E-state index contributed by atoms with van der Waals surface area (Å²) in [6.07, 6.45) is 0. The Morgan fingerprint density at radius 2 is 2.22 bits per heavy atom. The van der Waals surface area contributed by atoms with Crippen LogP contribution in [0.15, 0.2) is 18.2 Å². The van der Waals surface area contributed by atoms with Crippen LogP contribution in [-0.4, -0.2) is 22.8 Å². The molecule has 1 aromatic carbocycles. The number of nitrogens with one attached hydrogen (secondary N) is 1. The molecule has 0 radical (unpaired) electrons. The largest absolute Gasteiger partial charge is 0.379 e. The maximum Gasteiger partial charge on any atom is 0.178 e. The van der Waals surface area contributed by atoms with Gasteiger partial charge in [0.2, 0.25) is 0 Å². The van der Waals surface area contributed by atoms with E-state index in [-0.39, 0.29) is 0 Å². The van der Waals surface area contributed by atoms with E-state index in [1.165, 1.54) is 0 Å². The molecule has 98 valence electrons. The lowest BCUT2D eigenvalue weighted by Gasteiger charge is -2.08. The molecule has 0 saturated heterocycles. The number of hydrogen-bond donors (Lipinski definition) is 1. The highest BCUT2D eigenvalue weighted by Crippen LogP contribution is 2.22. The third-order valence-corrected chi connectivity index (χ3v) is 3.31. The van der Waals surface area contributed by atoms with E-state index >= 15 is 0 Å². The second-order valence-corrected chi connectivity index (χ2v) is 5.48. The summed E-state index contributed by atoms with van der Waals surface area (Å²) in [6, 6.07) is 5.80. The first kappa shape index (κ1) is 13.6. The highest BCUT2D eigenvalue weighted by Gasteiger charge is 2.06. The van der Waals surface area contributed by atoms with E-state index in [1.807, 2.05) is 22.8 Å². The molecule has 0 saturated carbocycles. The molecule has 0 unspecified atom stereocenters. The van der Waals surface area contributed by atoms with Crippen molar-refractivity contribution in [2.45, 2.75) is 20.4 Å². The number of imidazole rings is 1. The first-order valence-corrected chi connectivity index (χ1v) is 6.83. The second-order valence-electron chi connectivity index (χ2n) is 4.68. The number of H-pyrrole nitrogens is 1. The molecule has 0 aliphatic rings. The predicted molar refractivity (Wildman–Crippen MR) is 77.8 cm³/mol. The third-order valence-electron chi connectivity index (χ3n) is 2.67. The molecular weight excluding hydrogens is 268 g/mol. The quantitative estimate of drug-likeness (QED) is 0.664. The summed E-state index contributed by atoms with van der Waals surface area (Å²) in [5.41, 5.74) is 1.92. The van der Waals surface area contributed by atoms with Crippen molar-refractivity contribution in [1.29, 1.82) is 0 Å². The highest BCUT2D eigenvalue weighted by molar-refractivity contribution is 7.71. The van der Waals surface area contributed by atoms with E-state index in [9.17, 15) is 0 Å². The van der Waals surface area contributed by atoms with Crippen molar-refractivity contribution in [1.82, 2.24) is 9.55 Å². The molecule has 0 bridgehead atoms. The minimum absolute atomic E-state index is 0.551. The van der Waals surface area contributed by atoms with Crippen molar-refractivity contribution >= 4 is 34.9 Å². The molecule has 18 heavy (non-hydrogen) atoms. The van der Waals surface area contributed by atoms with Crippen LogP contribution in [0.3, 0.4) is 0 Å². The first-order chi connectivity index (χ1) is 8.59. The number of aromatic nitrogens is 2. The Morgan fingerprint density at radius 3 is 2.94 bits per heavy atom. The monoisotopic (exact) mass is 284 g/mol. The van der Waals surface area contributed by atoms with E-state index < -0.39 is 0 Å². The predicted octanol–water partition coefficient (Wildman–Crippen LogP) is 4.02. The summed E-state index contributed by atoms with van der Waals surface area (Å²) < 4.78 is 8.30. The van der Waals surface area contributed by atoms with Crippen molar-refractivity contribution in [2.24, 2.45) is 5.92 Å². The lowest BCUT2D eigenvalue weighted by Crippen LogP contribution is -2.09. The molecule has 0 fully saturated rings. The van der Waals surface area contributed by atoms with Gasteiger partial charge in [-0.15, -0.1) is 0 Å². The minimum atomic E-state index is 0.551. The lowest BCUT2D eigenvalue weighted by molar-refractivity contribution is 0.103. The maximum absolute atomic E-state index is 6.12. The number of nitrogens with zero attached hydrogens (tertiary/aromatic N) is 1. The topological polar surface area (TPSA) is 29.9 Å². The number of para-hydroxylation sites is 1. The molecule has 5 heteroatoms. The number of aromatic amines is 1. The van der Waals surface area contributed by atoms with Crippen LogP contribution in [0.5, 0.6) is 0 Å². The van der Waals surface area contributed by atoms with Crippen LogP contribution in [0.25, 0.3) is 11.0 Å². The Morgan fingerprint density at radius 1 is 1.44 bits per heavy atom. The van der Waals surface area contributed by atoms with Gasteiger partial charge in [-0.2, -0.15) is 0 Å². The molecule has 2 aromatic rings. The van der Waals surface area contributed by atoms with Gasteiger partial charge in [0.05, 0.1) is 22.7 Å². The standard InChI is InChI=1S/C13H17ClN2OS/c1-9(2)8-17-7-6-16-11-5-3-4-10(14)12(11)15-13(16)18/h3-5,9H,6-8H2,1-2H3,(H,15,18). The molecule has 2 rings (SSSR count). The van der Waals surface area contributed by atoms with Crippen LogP contribution in [0.4, 0.5) is 0 Å². The smallest absolute Gasteiger partial charge is 0.178 e. The SMILES string of the molecule is CC(C)COCCn1c(=S)[nH]c2c(Cl)cccc21. The van der Waals surface area contributed by atoms with E-state index in [0.717, 1.165) is 24.2 Å². The van der Waals surface area contributed by atoms with Gasteiger partial charge < -0.3 is 14.3 Å². The fourth-order valence-electron chi connectivity index (χ4n) is 1.84. The zero-order valence-electron chi connectivity index (χ0n) is 10.6. The summed E-state index contributed by atoms with van der Waals surface area (Å²) in [4.78, 5) is 3.14. The van der Waals surface area contributed by atoms with Crippen molar-refractivity contribution < 1.29 is 4.74 Å². The fraction of sp³-hybridized carbons (Fsp3) is 0.462. The zero-order valence-corrected chi connectivity index (χ0v) is 12.1. The third kappa shape index (κ3) is 2.94. The van der Waals surface area contributed by atoms with Crippen molar-refractivity contribution in [3.63, 3.8) is 0 Å². The summed E-state index contributed by atoms with van der Waals surface area (Å²) >= 11 is 11.4. The zero-order chi connectivity index (χ0) is 13.1. The molecular formula is C13H17ClN2OS. The van der Waals surface area contributed by atoms with Crippen molar-refractivity contribution in [2.75, 3.05) is 13.2 Å². The highest BCUT2D eigenvalue weighted by atomic mass is 35.5. The molecule has 0 atom stereocenters. The molecule has 0 aliphatic carbocycles. The number of benzene rings is 1. The van der Waals surface area contributed by atoms with E-state index in [4.69, 9.17) is 28.6 Å². The number of hydrogen-bond acceptors (Lipinski definition) is 2. The average Bonchev–Trinajstić information content (AvgIpc) is 2.63.